The minimum absolute atomic E-state index is 0.0597. The number of rotatable bonds is 5. The molecule has 28 heavy (non-hydrogen) atoms. The molecule has 148 valence electrons. The van der Waals surface area contributed by atoms with Crippen LogP contribution in [-0.4, -0.2) is 48.1 Å². The first-order chi connectivity index (χ1) is 13.2. The zero-order valence-electron chi connectivity index (χ0n) is 15.0. The lowest BCUT2D eigenvalue weighted by Gasteiger charge is -2.14. The van der Waals surface area contributed by atoms with Gasteiger partial charge in [-0.25, -0.2) is 18.1 Å². The van der Waals surface area contributed by atoms with E-state index in [1.807, 2.05) is 31.2 Å². The van der Waals surface area contributed by atoms with Gasteiger partial charge in [0, 0.05) is 11.6 Å². The summed E-state index contributed by atoms with van der Waals surface area (Å²) in [5.41, 5.74) is 2.46. The molecule has 3 aromatic rings. The van der Waals surface area contributed by atoms with Crippen molar-refractivity contribution >= 4 is 25.7 Å². The molecule has 1 atom stereocenters. The van der Waals surface area contributed by atoms with Crippen molar-refractivity contribution < 1.29 is 16.8 Å². The molecular weight excluding hydrogens is 402 g/mol. The molecule has 1 unspecified atom stereocenters. The van der Waals surface area contributed by atoms with Crippen LogP contribution < -0.4 is 4.72 Å². The topological polar surface area (TPSA) is 127 Å². The maximum atomic E-state index is 12.6. The molecule has 11 heteroatoms. The number of benzene rings is 1. The highest BCUT2D eigenvalue weighted by atomic mass is 32.2. The second-order valence-corrected chi connectivity index (χ2v) is 10.7. The molecule has 1 aliphatic heterocycles. The molecule has 0 saturated carbocycles. The molecule has 0 amide bonds. The van der Waals surface area contributed by atoms with Crippen molar-refractivity contribution in [3.05, 3.63) is 48.4 Å². The van der Waals surface area contributed by atoms with Crippen molar-refractivity contribution in [1.29, 1.82) is 0 Å². The molecule has 1 aromatic carbocycles. The van der Waals surface area contributed by atoms with E-state index in [1.165, 1.54) is 17.2 Å². The molecule has 0 spiro atoms. The van der Waals surface area contributed by atoms with Gasteiger partial charge in [-0.05, 0) is 13.3 Å². The van der Waals surface area contributed by atoms with E-state index in [4.69, 9.17) is 0 Å². The Bertz CT molecular complexity index is 1200. The van der Waals surface area contributed by atoms with Gasteiger partial charge in [0.25, 0.3) is 10.0 Å². The molecule has 1 fully saturated rings. The van der Waals surface area contributed by atoms with E-state index >= 15 is 0 Å². The van der Waals surface area contributed by atoms with Crippen LogP contribution >= 0.6 is 0 Å². The maximum Gasteiger partial charge on any atom is 0.280 e. The summed E-state index contributed by atoms with van der Waals surface area (Å²) in [5, 5.41) is 4.44. The summed E-state index contributed by atoms with van der Waals surface area (Å²) in [6.45, 7) is 1.97. The van der Waals surface area contributed by atoms with E-state index < -0.39 is 25.9 Å². The Morgan fingerprint density at radius 1 is 1.25 bits per heavy atom. The van der Waals surface area contributed by atoms with Gasteiger partial charge in [-0.2, -0.15) is 13.5 Å². The van der Waals surface area contributed by atoms with Gasteiger partial charge in [0.2, 0.25) is 0 Å². The number of imidazole rings is 1. The van der Waals surface area contributed by atoms with E-state index in [-0.39, 0.29) is 22.3 Å². The Labute approximate surface area is 162 Å². The number of aromatic nitrogens is 4. The number of hydrogen-bond acceptors (Lipinski definition) is 6. The minimum atomic E-state index is -3.90. The Morgan fingerprint density at radius 3 is 2.61 bits per heavy atom. The van der Waals surface area contributed by atoms with Crippen LogP contribution in [0.2, 0.25) is 0 Å². The zero-order chi connectivity index (χ0) is 19.9. The van der Waals surface area contributed by atoms with Gasteiger partial charge < -0.3 is 4.98 Å². The number of sulfone groups is 1. The van der Waals surface area contributed by atoms with E-state index in [0.717, 1.165) is 11.1 Å². The van der Waals surface area contributed by atoms with Crippen LogP contribution in [-0.2, 0) is 19.9 Å². The quantitative estimate of drug-likeness (QED) is 0.646. The third-order valence-corrected chi connectivity index (χ3v) is 7.67. The van der Waals surface area contributed by atoms with Crippen LogP contribution in [0.1, 0.15) is 18.0 Å². The Balaban J connectivity index is 1.76. The van der Waals surface area contributed by atoms with Crippen molar-refractivity contribution in [2.24, 2.45) is 0 Å². The molecular formula is C17H19N5O4S2. The summed E-state index contributed by atoms with van der Waals surface area (Å²) < 4.78 is 53.0. The highest BCUT2D eigenvalue weighted by Gasteiger charge is 2.32. The average molecular weight is 422 g/mol. The predicted molar refractivity (Wildman–Crippen MR) is 104 cm³/mol. The number of anilines is 1. The normalized spacial score (nSPS) is 19.0. The molecule has 0 bridgehead atoms. The third-order valence-electron chi connectivity index (χ3n) is 4.64. The molecule has 2 N–H and O–H groups in total. The summed E-state index contributed by atoms with van der Waals surface area (Å²) in [4.78, 5) is 6.29. The lowest BCUT2D eigenvalue weighted by atomic mass is 10.1. The molecule has 9 nitrogen and oxygen atoms in total. The molecule has 4 rings (SSSR count). The zero-order valence-corrected chi connectivity index (χ0v) is 16.7. The number of H-pyrrole nitrogens is 1. The van der Waals surface area contributed by atoms with Gasteiger partial charge in [-0.3, -0.25) is 4.72 Å². The number of hydrogen-bond donors (Lipinski definition) is 2. The molecule has 0 aliphatic carbocycles. The Morgan fingerprint density at radius 2 is 2.00 bits per heavy atom. The minimum Gasteiger partial charge on any atom is -0.334 e. The van der Waals surface area contributed by atoms with Crippen LogP contribution in [0.25, 0.3) is 11.3 Å². The highest BCUT2D eigenvalue weighted by molar-refractivity contribution is 7.92. The number of aromatic amines is 1. The molecule has 1 saturated heterocycles. The average Bonchev–Trinajstić information content (AvgIpc) is 3.35. The number of sulfonamides is 1. The van der Waals surface area contributed by atoms with E-state index in [9.17, 15) is 16.8 Å². The van der Waals surface area contributed by atoms with Crippen LogP contribution in [0.5, 0.6) is 0 Å². The smallest absolute Gasteiger partial charge is 0.280 e. The maximum absolute atomic E-state index is 12.6. The van der Waals surface area contributed by atoms with E-state index in [1.54, 1.807) is 6.07 Å². The van der Waals surface area contributed by atoms with Gasteiger partial charge in [0.05, 0.1) is 35.8 Å². The number of aryl methyl sites for hydroxylation is 1. The fourth-order valence-corrected chi connectivity index (χ4v) is 5.80. The summed E-state index contributed by atoms with van der Waals surface area (Å²) in [5.74, 6) is 0.206. The fourth-order valence-electron chi connectivity index (χ4n) is 3.17. The first kappa shape index (κ1) is 18.7. The molecule has 2 aromatic heterocycles. The summed E-state index contributed by atoms with van der Waals surface area (Å²) in [7, 11) is -7.07. The van der Waals surface area contributed by atoms with Gasteiger partial charge >= 0.3 is 0 Å². The fraction of sp³-hybridized carbons (Fsp3) is 0.294. The summed E-state index contributed by atoms with van der Waals surface area (Å²) in [6.07, 6.45) is 2.85. The second-order valence-electron chi connectivity index (χ2n) is 6.80. The first-order valence-corrected chi connectivity index (χ1v) is 11.9. The van der Waals surface area contributed by atoms with Crippen molar-refractivity contribution in [1.82, 2.24) is 19.7 Å². The van der Waals surface area contributed by atoms with Crippen LogP contribution in [0.3, 0.4) is 0 Å². The summed E-state index contributed by atoms with van der Waals surface area (Å²) >= 11 is 0. The summed E-state index contributed by atoms with van der Waals surface area (Å²) in [6, 6.07) is 8.83. The third kappa shape index (κ3) is 3.67. The van der Waals surface area contributed by atoms with E-state index in [0.29, 0.717) is 12.1 Å². The lowest BCUT2D eigenvalue weighted by molar-refractivity contribution is 0.507. The Kier molecular flexibility index (Phi) is 4.50. The van der Waals surface area contributed by atoms with Gasteiger partial charge in [-0.1, -0.05) is 29.8 Å². The Hall–Kier alpha value is -2.66. The van der Waals surface area contributed by atoms with Crippen molar-refractivity contribution in [2.45, 2.75) is 24.4 Å². The van der Waals surface area contributed by atoms with Crippen molar-refractivity contribution in [3.8, 4) is 11.3 Å². The van der Waals surface area contributed by atoms with Crippen molar-refractivity contribution in [3.63, 3.8) is 0 Å². The SMILES string of the molecule is Cc1ccc(-c2cc(NS(=O)(=O)c3cnc[nH]3)n(C3CCS(=O)(=O)C3)n2)cc1. The number of nitrogens with one attached hydrogen (secondary N) is 2. The molecule has 3 heterocycles. The van der Waals surface area contributed by atoms with Crippen LogP contribution in [0, 0.1) is 6.92 Å². The highest BCUT2D eigenvalue weighted by Crippen LogP contribution is 2.31. The van der Waals surface area contributed by atoms with Crippen molar-refractivity contribution in [2.75, 3.05) is 16.2 Å². The van der Waals surface area contributed by atoms with Gasteiger partial charge in [0.1, 0.15) is 5.82 Å². The first-order valence-electron chi connectivity index (χ1n) is 8.62. The van der Waals surface area contributed by atoms with Gasteiger partial charge in [0.15, 0.2) is 14.9 Å². The lowest BCUT2D eigenvalue weighted by Crippen LogP contribution is -2.20. The largest absolute Gasteiger partial charge is 0.334 e. The van der Waals surface area contributed by atoms with Gasteiger partial charge in [-0.15, -0.1) is 0 Å². The van der Waals surface area contributed by atoms with Crippen LogP contribution in [0.4, 0.5) is 5.82 Å². The molecule has 1 aliphatic rings. The predicted octanol–water partition coefficient (Wildman–Crippen LogP) is 1.74. The second kappa shape index (κ2) is 6.74. The van der Waals surface area contributed by atoms with E-state index in [2.05, 4.69) is 19.8 Å². The number of nitrogens with zero attached hydrogens (tertiary/aromatic N) is 3. The molecule has 0 radical (unpaired) electrons. The standard InChI is InChI=1S/C17H19N5O4S2/c1-12-2-4-13(5-3-12)15-8-16(21-28(25,26)17-9-18-11-19-17)22(20-15)14-6-7-27(23,24)10-14/h2-5,8-9,11,14,21H,6-7,10H2,1H3,(H,18,19). The van der Waals surface area contributed by atoms with Crippen LogP contribution in [0.15, 0.2) is 47.9 Å². The monoisotopic (exact) mass is 421 g/mol.